The molecule has 0 saturated heterocycles. The number of fused-ring (bicyclic) bond motifs is 1. The molecule has 0 radical (unpaired) electrons. The molecule has 32 heavy (non-hydrogen) atoms. The fraction of sp³-hybridized carbons (Fsp3) is 0.0417. The van der Waals surface area contributed by atoms with Crippen LogP contribution >= 0.6 is 23.2 Å². The summed E-state index contributed by atoms with van der Waals surface area (Å²) >= 11 is 12.1. The van der Waals surface area contributed by atoms with Crippen LogP contribution in [-0.2, 0) is 9.59 Å². The number of amides is 3. The fourth-order valence-electron chi connectivity index (χ4n) is 3.26. The van der Waals surface area contributed by atoms with Crippen LogP contribution in [0.3, 0.4) is 0 Å². The number of anilines is 3. The quantitative estimate of drug-likeness (QED) is 0.516. The second-order valence-corrected chi connectivity index (χ2v) is 7.78. The summed E-state index contributed by atoms with van der Waals surface area (Å²) in [5, 5.41) is 6.25. The SMILES string of the molecule is O=C(/C=C/c1cccc(Cl)c1Cl)Nc1ccc(C(=O)N2CC(=O)Nc3ccccc32)cc1. The van der Waals surface area contributed by atoms with Crippen LogP contribution in [0.25, 0.3) is 6.08 Å². The molecule has 160 valence electrons. The molecule has 8 heteroatoms. The number of carbonyl (C=O) groups is 3. The summed E-state index contributed by atoms with van der Waals surface area (Å²) in [7, 11) is 0. The molecule has 3 aromatic rings. The van der Waals surface area contributed by atoms with Crippen molar-refractivity contribution in [2.45, 2.75) is 0 Å². The van der Waals surface area contributed by atoms with Gasteiger partial charge in [0.1, 0.15) is 6.54 Å². The van der Waals surface area contributed by atoms with Gasteiger partial charge in [-0.1, -0.05) is 47.5 Å². The van der Waals surface area contributed by atoms with Crippen LogP contribution in [0, 0.1) is 0 Å². The normalized spacial score (nSPS) is 12.9. The molecule has 1 aliphatic heterocycles. The number of halogens is 2. The van der Waals surface area contributed by atoms with E-state index in [1.165, 1.54) is 11.0 Å². The predicted molar refractivity (Wildman–Crippen MR) is 127 cm³/mol. The molecule has 0 unspecified atom stereocenters. The molecule has 0 fully saturated rings. The topological polar surface area (TPSA) is 78.5 Å². The summed E-state index contributed by atoms with van der Waals surface area (Å²) in [4.78, 5) is 38.6. The molecule has 4 rings (SSSR count). The Bertz CT molecular complexity index is 1240. The van der Waals surface area contributed by atoms with Crippen molar-refractivity contribution < 1.29 is 14.4 Å². The molecule has 0 aliphatic carbocycles. The summed E-state index contributed by atoms with van der Waals surface area (Å²) < 4.78 is 0. The summed E-state index contributed by atoms with van der Waals surface area (Å²) in [6.45, 7) is -0.0643. The van der Waals surface area contributed by atoms with Gasteiger partial charge < -0.3 is 10.6 Å². The molecule has 0 aromatic heterocycles. The molecule has 0 saturated carbocycles. The van der Waals surface area contributed by atoms with E-state index >= 15 is 0 Å². The van der Waals surface area contributed by atoms with Gasteiger partial charge in [-0.3, -0.25) is 19.3 Å². The van der Waals surface area contributed by atoms with Crippen molar-refractivity contribution in [3.8, 4) is 0 Å². The monoisotopic (exact) mass is 465 g/mol. The molecule has 1 heterocycles. The highest BCUT2D eigenvalue weighted by atomic mass is 35.5. The first-order chi connectivity index (χ1) is 15.4. The molecule has 0 bridgehead atoms. The van der Waals surface area contributed by atoms with Gasteiger partial charge in [0, 0.05) is 17.3 Å². The van der Waals surface area contributed by atoms with Crippen LogP contribution in [0.15, 0.2) is 72.8 Å². The highest BCUT2D eigenvalue weighted by Crippen LogP contribution is 2.30. The van der Waals surface area contributed by atoms with E-state index in [0.717, 1.165) is 0 Å². The smallest absolute Gasteiger partial charge is 0.258 e. The minimum absolute atomic E-state index is 0.0643. The summed E-state index contributed by atoms with van der Waals surface area (Å²) in [5.41, 5.74) is 2.77. The maximum Gasteiger partial charge on any atom is 0.258 e. The molecule has 1 aliphatic rings. The Labute approximate surface area is 194 Å². The molecule has 0 spiro atoms. The Morgan fingerprint density at radius 1 is 0.969 bits per heavy atom. The first-order valence-electron chi connectivity index (χ1n) is 9.66. The number of nitrogens with one attached hydrogen (secondary N) is 2. The highest BCUT2D eigenvalue weighted by molar-refractivity contribution is 6.42. The van der Waals surface area contributed by atoms with Crippen LogP contribution in [0.1, 0.15) is 15.9 Å². The average molecular weight is 466 g/mol. The third-order valence-corrected chi connectivity index (χ3v) is 5.64. The van der Waals surface area contributed by atoms with Crippen LogP contribution in [0.5, 0.6) is 0 Å². The average Bonchev–Trinajstić information content (AvgIpc) is 2.79. The number of nitrogens with zero attached hydrogens (tertiary/aromatic N) is 1. The van der Waals surface area contributed by atoms with Gasteiger partial charge >= 0.3 is 0 Å². The lowest BCUT2D eigenvalue weighted by atomic mass is 10.1. The number of hydrogen-bond acceptors (Lipinski definition) is 3. The summed E-state index contributed by atoms with van der Waals surface area (Å²) in [6.07, 6.45) is 2.92. The van der Waals surface area contributed by atoms with E-state index in [2.05, 4.69) is 10.6 Å². The van der Waals surface area contributed by atoms with Gasteiger partial charge in [0.2, 0.25) is 11.8 Å². The van der Waals surface area contributed by atoms with Gasteiger partial charge in [0.05, 0.1) is 21.4 Å². The van der Waals surface area contributed by atoms with Crippen molar-refractivity contribution in [2.75, 3.05) is 22.1 Å². The lowest BCUT2D eigenvalue weighted by Crippen LogP contribution is -2.42. The van der Waals surface area contributed by atoms with Gasteiger partial charge in [-0.15, -0.1) is 0 Å². The van der Waals surface area contributed by atoms with Gasteiger partial charge in [0.25, 0.3) is 5.91 Å². The minimum Gasteiger partial charge on any atom is -0.323 e. The number of rotatable bonds is 4. The second kappa shape index (κ2) is 9.26. The maximum atomic E-state index is 13.0. The van der Waals surface area contributed by atoms with Crippen molar-refractivity contribution in [3.05, 3.63) is 94.0 Å². The van der Waals surface area contributed by atoms with Gasteiger partial charge in [-0.25, -0.2) is 0 Å². The molecule has 3 amide bonds. The predicted octanol–water partition coefficient (Wildman–Crippen LogP) is 5.24. The van der Waals surface area contributed by atoms with E-state index in [0.29, 0.717) is 38.2 Å². The number of benzene rings is 3. The molecular weight excluding hydrogens is 449 g/mol. The van der Waals surface area contributed by atoms with Crippen molar-refractivity contribution in [2.24, 2.45) is 0 Å². The van der Waals surface area contributed by atoms with E-state index in [9.17, 15) is 14.4 Å². The fourth-order valence-corrected chi connectivity index (χ4v) is 3.64. The zero-order valence-electron chi connectivity index (χ0n) is 16.6. The van der Waals surface area contributed by atoms with Crippen LogP contribution in [-0.4, -0.2) is 24.3 Å². The highest BCUT2D eigenvalue weighted by Gasteiger charge is 2.27. The van der Waals surface area contributed by atoms with Crippen molar-refractivity contribution >= 4 is 64.1 Å². The lowest BCUT2D eigenvalue weighted by molar-refractivity contribution is -0.115. The molecule has 3 aromatic carbocycles. The largest absolute Gasteiger partial charge is 0.323 e. The Morgan fingerprint density at radius 2 is 1.72 bits per heavy atom. The summed E-state index contributed by atoms with van der Waals surface area (Å²) in [6, 6.07) is 18.7. The molecule has 6 nitrogen and oxygen atoms in total. The van der Waals surface area contributed by atoms with E-state index < -0.39 is 0 Å². The van der Waals surface area contributed by atoms with Crippen molar-refractivity contribution in [3.63, 3.8) is 0 Å². The third kappa shape index (κ3) is 4.66. The Hall–Kier alpha value is -3.61. The second-order valence-electron chi connectivity index (χ2n) is 7.00. The van der Waals surface area contributed by atoms with E-state index in [-0.39, 0.29) is 24.3 Å². The first kappa shape index (κ1) is 21.6. The molecule has 0 atom stereocenters. The summed E-state index contributed by atoms with van der Waals surface area (Å²) in [5.74, 6) is -0.921. The Kier molecular flexibility index (Phi) is 6.25. The third-order valence-electron chi connectivity index (χ3n) is 4.81. The zero-order valence-corrected chi connectivity index (χ0v) is 18.2. The van der Waals surface area contributed by atoms with E-state index in [1.807, 2.05) is 0 Å². The van der Waals surface area contributed by atoms with Crippen LogP contribution < -0.4 is 15.5 Å². The van der Waals surface area contributed by atoms with E-state index in [1.54, 1.807) is 72.8 Å². The van der Waals surface area contributed by atoms with Crippen molar-refractivity contribution in [1.29, 1.82) is 0 Å². The maximum absolute atomic E-state index is 13.0. The standard InChI is InChI=1S/C24H17Cl2N3O3/c25-18-5-3-4-15(23(18)26)10-13-21(30)27-17-11-8-16(9-12-17)24(32)29-14-22(31)28-19-6-1-2-7-20(19)29/h1-13H,14H2,(H,27,30)(H,28,31)/b13-10+. The van der Waals surface area contributed by atoms with Gasteiger partial charge in [0.15, 0.2) is 0 Å². The number of hydrogen-bond donors (Lipinski definition) is 2. The number of para-hydroxylation sites is 2. The van der Waals surface area contributed by atoms with E-state index in [4.69, 9.17) is 23.2 Å². The number of carbonyl (C=O) groups excluding carboxylic acids is 3. The van der Waals surface area contributed by atoms with Gasteiger partial charge in [-0.2, -0.15) is 0 Å². The minimum atomic E-state index is -0.359. The molecule has 2 N–H and O–H groups in total. The van der Waals surface area contributed by atoms with Crippen LogP contribution in [0.4, 0.5) is 17.1 Å². The molecular formula is C24H17Cl2N3O3. The Morgan fingerprint density at radius 3 is 2.50 bits per heavy atom. The zero-order chi connectivity index (χ0) is 22.7. The van der Waals surface area contributed by atoms with Crippen LogP contribution in [0.2, 0.25) is 10.0 Å². The van der Waals surface area contributed by atoms with Crippen molar-refractivity contribution in [1.82, 2.24) is 0 Å². The first-order valence-corrected chi connectivity index (χ1v) is 10.4. The Balaban J connectivity index is 1.45. The van der Waals surface area contributed by atoms with Gasteiger partial charge in [-0.05, 0) is 54.1 Å². The lowest BCUT2D eigenvalue weighted by Gasteiger charge is -2.29.